The average molecular weight is 518 g/mol. The number of carbonyl (C=O) groups is 2. The molecular weight excluding hydrogens is 488 g/mol. The molecule has 0 fully saturated rings. The highest BCUT2D eigenvalue weighted by Gasteiger charge is 2.20. The number of anilines is 2. The number of hydrogen-bond acceptors (Lipinski definition) is 3. The highest BCUT2D eigenvalue weighted by atomic mass is 19.1. The minimum atomic E-state index is -0.895. The number of benzene rings is 3. The van der Waals surface area contributed by atoms with Gasteiger partial charge in [0.2, 0.25) is 5.91 Å². The number of carbonyl (C=O) groups excluding carboxylic acids is 2. The van der Waals surface area contributed by atoms with Crippen molar-refractivity contribution < 1.29 is 18.4 Å². The molecule has 0 aliphatic carbocycles. The Bertz CT molecular complexity index is 1400. The number of nitrogens with zero attached hydrogens (tertiary/aromatic N) is 3. The standard InChI is InChI=1S/C29H29F2N5O2/c1-3-4-16-35(29(38)32-25-15-12-22(30)17-24(25)31)19-28(37)33-27-18-26(21-8-6-5-7-9-21)34-36(27)23-13-10-20(2)11-14-23/h5-15,17-18H,3-4,16,19H2,1-2H3,(H,32,38)(H,33,37). The number of rotatable bonds is 9. The number of hydrogen-bond donors (Lipinski definition) is 2. The van der Waals surface area contributed by atoms with Crippen LogP contribution in [0.25, 0.3) is 16.9 Å². The van der Waals surface area contributed by atoms with Gasteiger partial charge in [0.15, 0.2) is 0 Å². The molecule has 38 heavy (non-hydrogen) atoms. The van der Waals surface area contributed by atoms with E-state index in [0.717, 1.165) is 35.4 Å². The molecule has 1 aromatic heterocycles. The molecule has 0 unspecified atom stereocenters. The molecular formula is C29H29F2N5O2. The Morgan fingerprint density at radius 2 is 1.68 bits per heavy atom. The van der Waals surface area contributed by atoms with Gasteiger partial charge in [0.1, 0.15) is 24.0 Å². The molecule has 2 N–H and O–H groups in total. The topological polar surface area (TPSA) is 79.3 Å². The molecule has 0 aliphatic heterocycles. The first-order chi connectivity index (χ1) is 18.3. The molecule has 196 valence electrons. The Labute approximate surface area is 220 Å². The smallest absolute Gasteiger partial charge is 0.315 e. The second kappa shape index (κ2) is 12.1. The first kappa shape index (κ1) is 26.5. The molecule has 1 heterocycles. The summed E-state index contributed by atoms with van der Waals surface area (Å²) < 4.78 is 29.0. The van der Waals surface area contributed by atoms with Gasteiger partial charge in [0, 0.05) is 24.2 Å². The fourth-order valence-electron chi connectivity index (χ4n) is 3.85. The van der Waals surface area contributed by atoms with E-state index >= 15 is 0 Å². The maximum absolute atomic E-state index is 14.1. The third-order valence-corrected chi connectivity index (χ3v) is 5.90. The molecule has 0 spiro atoms. The summed E-state index contributed by atoms with van der Waals surface area (Å²) in [6.07, 6.45) is 1.43. The van der Waals surface area contributed by atoms with E-state index in [9.17, 15) is 18.4 Å². The van der Waals surface area contributed by atoms with Crippen molar-refractivity contribution in [2.45, 2.75) is 26.7 Å². The summed E-state index contributed by atoms with van der Waals surface area (Å²) in [7, 11) is 0. The summed E-state index contributed by atoms with van der Waals surface area (Å²) in [5.41, 5.74) is 3.25. The fourth-order valence-corrected chi connectivity index (χ4v) is 3.85. The van der Waals surface area contributed by atoms with Gasteiger partial charge in [0.05, 0.1) is 17.1 Å². The predicted molar refractivity (Wildman–Crippen MR) is 144 cm³/mol. The summed E-state index contributed by atoms with van der Waals surface area (Å²) in [6, 6.07) is 21.3. The molecule has 0 radical (unpaired) electrons. The van der Waals surface area contributed by atoms with Gasteiger partial charge >= 0.3 is 6.03 Å². The van der Waals surface area contributed by atoms with Gasteiger partial charge in [-0.3, -0.25) is 4.79 Å². The van der Waals surface area contributed by atoms with E-state index in [1.165, 1.54) is 4.90 Å². The summed E-state index contributed by atoms with van der Waals surface area (Å²) in [4.78, 5) is 27.3. The van der Waals surface area contributed by atoms with E-state index < -0.39 is 23.6 Å². The summed E-state index contributed by atoms with van der Waals surface area (Å²) >= 11 is 0. The lowest BCUT2D eigenvalue weighted by Crippen LogP contribution is -2.41. The van der Waals surface area contributed by atoms with Crippen molar-refractivity contribution in [3.8, 4) is 16.9 Å². The van der Waals surface area contributed by atoms with Crippen LogP contribution in [-0.4, -0.2) is 39.7 Å². The van der Waals surface area contributed by atoms with E-state index in [2.05, 4.69) is 10.6 Å². The first-order valence-corrected chi connectivity index (χ1v) is 12.4. The van der Waals surface area contributed by atoms with Gasteiger partial charge in [-0.15, -0.1) is 0 Å². The van der Waals surface area contributed by atoms with Crippen molar-refractivity contribution in [2.75, 3.05) is 23.7 Å². The van der Waals surface area contributed by atoms with Gasteiger partial charge < -0.3 is 15.5 Å². The number of nitrogens with one attached hydrogen (secondary N) is 2. The molecule has 0 bridgehead atoms. The monoisotopic (exact) mass is 517 g/mol. The molecule has 0 atom stereocenters. The van der Waals surface area contributed by atoms with Gasteiger partial charge in [-0.1, -0.05) is 61.4 Å². The minimum absolute atomic E-state index is 0.164. The number of halogens is 2. The zero-order chi connectivity index (χ0) is 27.1. The maximum atomic E-state index is 14.1. The SMILES string of the molecule is CCCCN(CC(=O)Nc1cc(-c2ccccc2)nn1-c1ccc(C)cc1)C(=O)Nc1ccc(F)cc1F. The molecule has 9 heteroatoms. The van der Waals surface area contributed by atoms with Gasteiger partial charge in [-0.2, -0.15) is 5.10 Å². The molecule has 4 aromatic rings. The lowest BCUT2D eigenvalue weighted by atomic mass is 10.1. The zero-order valence-corrected chi connectivity index (χ0v) is 21.2. The Hall–Kier alpha value is -4.53. The molecule has 3 amide bonds. The van der Waals surface area contributed by atoms with E-state index in [1.54, 1.807) is 10.7 Å². The van der Waals surface area contributed by atoms with Crippen LogP contribution in [0.1, 0.15) is 25.3 Å². The third kappa shape index (κ3) is 6.61. The predicted octanol–water partition coefficient (Wildman–Crippen LogP) is 6.40. The van der Waals surface area contributed by atoms with Crippen molar-refractivity contribution in [1.29, 1.82) is 0 Å². The average Bonchev–Trinajstić information content (AvgIpc) is 3.32. The Kier molecular flexibility index (Phi) is 8.47. The van der Waals surface area contributed by atoms with Gasteiger partial charge in [0.25, 0.3) is 0 Å². The quantitative estimate of drug-likeness (QED) is 0.270. The molecule has 4 rings (SSSR count). The van der Waals surface area contributed by atoms with Crippen LogP contribution in [0.5, 0.6) is 0 Å². The van der Waals surface area contributed by atoms with Gasteiger partial charge in [-0.25, -0.2) is 18.3 Å². The lowest BCUT2D eigenvalue weighted by Gasteiger charge is -2.22. The number of urea groups is 1. The van der Waals surface area contributed by atoms with E-state index in [-0.39, 0.29) is 18.8 Å². The Morgan fingerprint density at radius 3 is 2.37 bits per heavy atom. The largest absolute Gasteiger partial charge is 0.322 e. The van der Waals surface area contributed by atoms with E-state index in [1.807, 2.05) is 68.4 Å². The summed E-state index contributed by atoms with van der Waals surface area (Å²) in [5.74, 6) is -1.64. The lowest BCUT2D eigenvalue weighted by molar-refractivity contribution is -0.116. The van der Waals surface area contributed by atoms with Crippen LogP contribution in [0.4, 0.5) is 25.1 Å². The summed E-state index contributed by atoms with van der Waals surface area (Å²) in [5, 5.41) is 10.0. The maximum Gasteiger partial charge on any atom is 0.322 e. The highest BCUT2D eigenvalue weighted by molar-refractivity contribution is 5.97. The third-order valence-electron chi connectivity index (χ3n) is 5.90. The fraction of sp³-hybridized carbons (Fsp3) is 0.207. The zero-order valence-electron chi connectivity index (χ0n) is 21.2. The molecule has 0 saturated heterocycles. The van der Waals surface area contributed by atoms with Crippen LogP contribution >= 0.6 is 0 Å². The van der Waals surface area contributed by atoms with Crippen molar-refractivity contribution in [3.63, 3.8) is 0 Å². The van der Waals surface area contributed by atoms with Crippen LogP contribution in [-0.2, 0) is 4.79 Å². The second-order valence-electron chi connectivity index (χ2n) is 8.91. The first-order valence-electron chi connectivity index (χ1n) is 12.4. The van der Waals surface area contributed by atoms with Crippen molar-refractivity contribution in [2.24, 2.45) is 0 Å². The van der Waals surface area contributed by atoms with Crippen LogP contribution in [0.15, 0.2) is 78.9 Å². The summed E-state index contributed by atoms with van der Waals surface area (Å²) in [6.45, 7) is 3.96. The van der Waals surface area contributed by atoms with Crippen LogP contribution < -0.4 is 10.6 Å². The number of aromatic nitrogens is 2. The van der Waals surface area contributed by atoms with Crippen LogP contribution in [0.3, 0.4) is 0 Å². The minimum Gasteiger partial charge on any atom is -0.315 e. The van der Waals surface area contributed by atoms with E-state index in [0.29, 0.717) is 24.0 Å². The second-order valence-corrected chi connectivity index (χ2v) is 8.91. The van der Waals surface area contributed by atoms with Crippen LogP contribution in [0.2, 0.25) is 0 Å². The molecule has 7 nitrogen and oxygen atoms in total. The van der Waals surface area contributed by atoms with Crippen molar-refractivity contribution in [3.05, 3.63) is 96.1 Å². The van der Waals surface area contributed by atoms with Crippen molar-refractivity contribution >= 4 is 23.4 Å². The normalized spacial score (nSPS) is 10.7. The van der Waals surface area contributed by atoms with Crippen molar-refractivity contribution in [1.82, 2.24) is 14.7 Å². The highest BCUT2D eigenvalue weighted by Crippen LogP contribution is 2.25. The Morgan fingerprint density at radius 1 is 0.947 bits per heavy atom. The molecule has 0 aliphatic rings. The molecule has 3 aromatic carbocycles. The Balaban J connectivity index is 1.55. The van der Waals surface area contributed by atoms with E-state index in [4.69, 9.17) is 5.10 Å². The number of amides is 3. The van der Waals surface area contributed by atoms with Crippen LogP contribution in [0, 0.1) is 18.6 Å². The van der Waals surface area contributed by atoms with Gasteiger partial charge in [-0.05, 0) is 37.6 Å². The number of unbranched alkanes of at least 4 members (excludes halogenated alkanes) is 1. The number of aryl methyl sites for hydroxylation is 1. The molecule has 0 saturated carbocycles.